The maximum Gasteiger partial charge on any atom is 0.418 e. The third kappa shape index (κ3) is 3.22. The molecular formula is C22H22N2O4. The first-order chi connectivity index (χ1) is 13.2. The predicted octanol–water partition coefficient (Wildman–Crippen LogP) is 4.36. The van der Waals surface area contributed by atoms with Crippen molar-refractivity contribution in [3.63, 3.8) is 0 Å². The number of benzene rings is 1. The van der Waals surface area contributed by atoms with Gasteiger partial charge in [0.1, 0.15) is 18.0 Å². The SMILES string of the molecule is Cc1ccc2c(c1)NC(=O)/C2=C1\C=C(c2cccn2C(=O)OC(C)(C)C)CO1. The molecule has 0 unspecified atom stereocenters. The van der Waals surface area contributed by atoms with Crippen molar-refractivity contribution in [2.24, 2.45) is 0 Å². The van der Waals surface area contributed by atoms with Crippen molar-refractivity contribution < 1.29 is 19.1 Å². The predicted molar refractivity (Wildman–Crippen MR) is 107 cm³/mol. The van der Waals surface area contributed by atoms with E-state index in [1.165, 1.54) is 4.57 Å². The minimum absolute atomic E-state index is 0.185. The van der Waals surface area contributed by atoms with Crippen molar-refractivity contribution >= 4 is 28.8 Å². The largest absolute Gasteiger partial charge is 0.488 e. The molecule has 6 heteroatoms. The number of aromatic nitrogens is 1. The smallest absolute Gasteiger partial charge is 0.418 e. The zero-order valence-electron chi connectivity index (χ0n) is 16.3. The molecule has 2 aliphatic rings. The molecule has 3 heterocycles. The van der Waals surface area contributed by atoms with E-state index in [2.05, 4.69) is 5.32 Å². The van der Waals surface area contributed by atoms with Gasteiger partial charge in [0, 0.05) is 23.0 Å². The molecule has 144 valence electrons. The molecule has 0 aliphatic carbocycles. The van der Waals surface area contributed by atoms with Gasteiger partial charge in [0.05, 0.1) is 11.3 Å². The molecule has 0 bridgehead atoms. The molecule has 0 atom stereocenters. The van der Waals surface area contributed by atoms with Gasteiger partial charge in [-0.2, -0.15) is 0 Å². The topological polar surface area (TPSA) is 69.6 Å². The number of carbonyl (C=O) groups excluding carboxylic acids is 2. The standard InChI is InChI=1S/C22H22N2O4/c1-13-7-8-15-16(10-13)23-20(25)19(15)18-11-14(12-27-18)17-6-5-9-24(17)21(26)28-22(2,3)4/h5-11H,12H2,1-4H3,(H,23,25)/b19-18+. The summed E-state index contributed by atoms with van der Waals surface area (Å²) in [6.45, 7) is 7.73. The van der Waals surface area contributed by atoms with E-state index in [4.69, 9.17) is 9.47 Å². The van der Waals surface area contributed by atoms with Crippen molar-refractivity contribution in [3.8, 4) is 0 Å². The van der Waals surface area contributed by atoms with E-state index in [-0.39, 0.29) is 12.5 Å². The van der Waals surface area contributed by atoms with Crippen LogP contribution in [0.1, 0.15) is 37.6 Å². The number of aryl methyl sites for hydroxylation is 1. The second-order valence-electron chi connectivity index (χ2n) is 7.94. The zero-order valence-corrected chi connectivity index (χ0v) is 16.3. The molecule has 2 aromatic rings. The number of fused-ring (bicyclic) bond motifs is 1. The summed E-state index contributed by atoms with van der Waals surface area (Å²) in [5, 5.41) is 2.88. The van der Waals surface area contributed by atoms with Crippen LogP contribution < -0.4 is 5.32 Å². The number of carbonyl (C=O) groups is 2. The van der Waals surface area contributed by atoms with Gasteiger partial charge in [-0.1, -0.05) is 12.1 Å². The van der Waals surface area contributed by atoms with Gasteiger partial charge in [0.2, 0.25) is 0 Å². The van der Waals surface area contributed by atoms with Gasteiger partial charge in [0.15, 0.2) is 0 Å². The molecular weight excluding hydrogens is 356 g/mol. The van der Waals surface area contributed by atoms with Crippen molar-refractivity contribution in [3.05, 3.63) is 65.2 Å². The van der Waals surface area contributed by atoms with Gasteiger partial charge in [0.25, 0.3) is 5.91 Å². The number of amides is 1. The lowest BCUT2D eigenvalue weighted by Gasteiger charge is -2.20. The van der Waals surface area contributed by atoms with Crippen molar-refractivity contribution in [1.29, 1.82) is 0 Å². The van der Waals surface area contributed by atoms with Crippen LogP contribution in [0, 0.1) is 6.92 Å². The monoisotopic (exact) mass is 378 g/mol. The lowest BCUT2D eigenvalue weighted by Crippen LogP contribution is -2.27. The Bertz CT molecular complexity index is 1050. The highest BCUT2D eigenvalue weighted by Crippen LogP contribution is 2.38. The van der Waals surface area contributed by atoms with Crippen LogP contribution in [0.25, 0.3) is 11.1 Å². The van der Waals surface area contributed by atoms with Crippen LogP contribution in [0.3, 0.4) is 0 Å². The van der Waals surface area contributed by atoms with Crippen LogP contribution in [0.15, 0.2) is 48.4 Å². The lowest BCUT2D eigenvalue weighted by atomic mass is 10.0. The Hall–Kier alpha value is -3.28. The normalized spacial score (nSPS) is 18.4. The highest BCUT2D eigenvalue weighted by molar-refractivity contribution is 6.32. The first kappa shape index (κ1) is 18.1. The fraction of sp³-hybridized carbons (Fsp3) is 0.273. The van der Waals surface area contributed by atoms with Crippen molar-refractivity contribution in [2.45, 2.75) is 33.3 Å². The summed E-state index contributed by atoms with van der Waals surface area (Å²) in [6.07, 6.45) is 3.03. The number of ether oxygens (including phenoxy) is 2. The third-order valence-corrected chi connectivity index (χ3v) is 4.52. The molecule has 1 aromatic carbocycles. The van der Waals surface area contributed by atoms with Gasteiger partial charge in [-0.3, -0.25) is 9.36 Å². The summed E-state index contributed by atoms with van der Waals surface area (Å²) < 4.78 is 12.7. The van der Waals surface area contributed by atoms with Gasteiger partial charge in [-0.15, -0.1) is 0 Å². The van der Waals surface area contributed by atoms with E-state index < -0.39 is 11.7 Å². The number of nitrogens with one attached hydrogen (secondary N) is 1. The van der Waals surface area contributed by atoms with E-state index in [1.54, 1.807) is 12.3 Å². The quantitative estimate of drug-likeness (QED) is 0.749. The second kappa shape index (κ2) is 6.41. The Kier molecular flexibility index (Phi) is 4.14. The second-order valence-corrected chi connectivity index (χ2v) is 7.94. The molecule has 2 aliphatic heterocycles. The first-order valence-corrected chi connectivity index (χ1v) is 9.14. The van der Waals surface area contributed by atoms with Crippen molar-refractivity contribution in [2.75, 3.05) is 11.9 Å². The van der Waals surface area contributed by atoms with Crippen LogP contribution in [-0.4, -0.2) is 28.8 Å². The summed E-state index contributed by atoms with van der Waals surface area (Å²) >= 11 is 0. The molecule has 0 fully saturated rings. The number of allylic oxidation sites excluding steroid dienone is 1. The van der Waals surface area contributed by atoms with Crippen LogP contribution in [-0.2, 0) is 14.3 Å². The average Bonchev–Trinajstić information content (AvgIpc) is 3.29. The lowest BCUT2D eigenvalue weighted by molar-refractivity contribution is -0.110. The number of nitrogens with zero attached hydrogens (tertiary/aromatic N) is 1. The number of rotatable bonds is 1. The average molecular weight is 378 g/mol. The molecule has 28 heavy (non-hydrogen) atoms. The van der Waals surface area contributed by atoms with Crippen molar-refractivity contribution in [1.82, 2.24) is 4.57 Å². The third-order valence-electron chi connectivity index (χ3n) is 4.52. The molecule has 1 amide bonds. The fourth-order valence-corrected chi connectivity index (χ4v) is 3.33. The maximum atomic E-state index is 12.5. The van der Waals surface area contributed by atoms with E-state index in [9.17, 15) is 9.59 Å². The Morgan fingerprint density at radius 3 is 2.79 bits per heavy atom. The van der Waals surface area contributed by atoms with E-state index >= 15 is 0 Å². The Labute approximate surface area is 163 Å². The van der Waals surface area contributed by atoms with Gasteiger partial charge in [-0.05, 0) is 57.5 Å². The summed E-state index contributed by atoms with van der Waals surface area (Å²) in [7, 11) is 0. The molecule has 1 aromatic heterocycles. The van der Waals surface area contributed by atoms with Gasteiger partial charge >= 0.3 is 6.09 Å². The molecule has 1 N–H and O–H groups in total. The van der Waals surface area contributed by atoms with Crippen LogP contribution in [0.4, 0.5) is 10.5 Å². The molecule has 0 saturated carbocycles. The Balaban J connectivity index is 1.70. The Morgan fingerprint density at radius 2 is 2.04 bits per heavy atom. The number of hydrogen-bond donors (Lipinski definition) is 1. The summed E-state index contributed by atoms with van der Waals surface area (Å²) in [5.41, 5.74) is 4.11. The van der Waals surface area contributed by atoms with Gasteiger partial charge < -0.3 is 14.8 Å². The molecule has 0 spiro atoms. The molecule has 6 nitrogen and oxygen atoms in total. The van der Waals surface area contributed by atoms with E-state index in [0.717, 1.165) is 22.4 Å². The molecule has 0 radical (unpaired) electrons. The van der Waals surface area contributed by atoms with Gasteiger partial charge in [-0.25, -0.2) is 4.79 Å². The first-order valence-electron chi connectivity index (χ1n) is 9.14. The zero-order chi connectivity index (χ0) is 20.1. The van der Waals surface area contributed by atoms with E-state index in [0.29, 0.717) is 17.0 Å². The van der Waals surface area contributed by atoms with Crippen LogP contribution >= 0.6 is 0 Å². The minimum Gasteiger partial charge on any atom is -0.488 e. The number of hydrogen-bond acceptors (Lipinski definition) is 4. The molecule has 0 saturated heterocycles. The Morgan fingerprint density at radius 1 is 1.25 bits per heavy atom. The minimum atomic E-state index is -0.587. The molecule has 4 rings (SSSR count). The summed E-state index contributed by atoms with van der Waals surface area (Å²) in [5.74, 6) is 0.322. The van der Waals surface area contributed by atoms with Crippen LogP contribution in [0.5, 0.6) is 0 Å². The highest BCUT2D eigenvalue weighted by atomic mass is 16.6. The summed E-state index contributed by atoms with van der Waals surface area (Å²) in [6, 6.07) is 9.44. The fourth-order valence-electron chi connectivity index (χ4n) is 3.33. The van der Waals surface area contributed by atoms with Crippen LogP contribution in [0.2, 0.25) is 0 Å². The maximum absolute atomic E-state index is 12.5. The highest BCUT2D eigenvalue weighted by Gasteiger charge is 2.31. The summed E-state index contributed by atoms with van der Waals surface area (Å²) in [4.78, 5) is 25.0. The number of anilines is 1. The van der Waals surface area contributed by atoms with E-state index in [1.807, 2.05) is 58.0 Å².